The van der Waals surface area contributed by atoms with Gasteiger partial charge in [-0.15, -0.1) is 0 Å². The predicted molar refractivity (Wildman–Crippen MR) is 78.3 cm³/mol. The van der Waals surface area contributed by atoms with Crippen LogP contribution in [-0.2, 0) is 28.7 Å². The Kier molecular flexibility index (Phi) is 8.71. The minimum absolute atomic E-state index is 0.146. The summed E-state index contributed by atoms with van der Waals surface area (Å²) in [4.78, 5) is 56.8. The summed E-state index contributed by atoms with van der Waals surface area (Å²) in [5, 5.41) is 10.7. The van der Waals surface area contributed by atoms with Gasteiger partial charge in [-0.2, -0.15) is 0 Å². The number of carboxylic acid groups (broad SMARTS) is 1. The number of nitrogens with one attached hydrogen (secondary N) is 1. The molecule has 0 saturated heterocycles. The first kappa shape index (κ1) is 20.7. The minimum atomic E-state index is -1.27. The largest absolute Gasteiger partial charge is 0.481 e. The summed E-state index contributed by atoms with van der Waals surface area (Å²) in [7, 11) is 0. The second kappa shape index (κ2) is 9.67. The molecule has 0 radical (unpaired) electrons. The molecular weight excluding hydrogens is 308 g/mol. The molecule has 0 bridgehead atoms. The van der Waals surface area contributed by atoms with E-state index in [-0.39, 0.29) is 25.0 Å². The lowest BCUT2D eigenvalue weighted by atomic mass is 10.1. The molecule has 0 saturated carbocycles. The van der Waals surface area contributed by atoms with E-state index in [9.17, 15) is 24.0 Å². The lowest BCUT2D eigenvalue weighted by Crippen LogP contribution is -2.49. The second-order valence-electron chi connectivity index (χ2n) is 5.03. The maximum absolute atomic E-state index is 11.8. The van der Waals surface area contributed by atoms with Gasteiger partial charge in [0.2, 0.25) is 5.78 Å². The van der Waals surface area contributed by atoms with Gasteiger partial charge in [-0.25, -0.2) is 4.79 Å². The van der Waals surface area contributed by atoms with Crippen LogP contribution in [0.2, 0.25) is 0 Å². The van der Waals surface area contributed by atoms with Crippen molar-refractivity contribution in [3.05, 3.63) is 0 Å². The highest BCUT2D eigenvalue weighted by Crippen LogP contribution is 2.02. The number of ether oxygens (including phenoxy) is 1. The highest BCUT2D eigenvalue weighted by Gasteiger charge is 2.28. The minimum Gasteiger partial charge on any atom is -0.481 e. The highest BCUT2D eigenvalue weighted by molar-refractivity contribution is 6.38. The zero-order chi connectivity index (χ0) is 18.2. The Morgan fingerprint density at radius 1 is 1.22 bits per heavy atom. The van der Waals surface area contributed by atoms with Crippen molar-refractivity contribution in [3.8, 4) is 0 Å². The summed E-state index contributed by atoms with van der Waals surface area (Å²) >= 11 is 0. The van der Waals surface area contributed by atoms with Gasteiger partial charge in [-0.3, -0.25) is 19.2 Å². The number of hydrogen-bond acceptors (Lipinski definition) is 7. The van der Waals surface area contributed by atoms with E-state index in [2.05, 4.69) is 5.32 Å². The van der Waals surface area contributed by atoms with Gasteiger partial charge in [0.05, 0.1) is 6.04 Å². The zero-order valence-electron chi connectivity index (χ0n) is 13.3. The van der Waals surface area contributed by atoms with Crippen molar-refractivity contribution in [3.63, 3.8) is 0 Å². The number of aliphatic carboxylic acids is 1. The van der Waals surface area contributed by atoms with Crippen LogP contribution in [0, 0.1) is 0 Å². The summed E-state index contributed by atoms with van der Waals surface area (Å²) in [5.41, 5.74) is 5.45. The Balaban J connectivity index is 4.64. The van der Waals surface area contributed by atoms with Gasteiger partial charge in [0.1, 0.15) is 6.04 Å². The first-order valence-corrected chi connectivity index (χ1v) is 7.13. The maximum Gasteiger partial charge on any atom is 0.329 e. The molecule has 0 aromatic heterocycles. The number of nitrogens with two attached hydrogens (primary N) is 1. The highest BCUT2D eigenvalue weighted by atomic mass is 16.5. The molecule has 0 aromatic carbocycles. The molecule has 3 atom stereocenters. The fourth-order valence-electron chi connectivity index (χ4n) is 1.47. The Labute approximate surface area is 133 Å². The summed E-state index contributed by atoms with van der Waals surface area (Å²) < 4.78 is 4.86. The van der Waals surface area contributed by atoms with Gasteiger partial charge < -0.3 is 20.9 Å². The fourth-order valence-corrected chi connectivity index (χ4v) is 1.47. The van der Waals surface area contributed by atoms with Crippen LogP contribution < -0.4 is 11.1 Å². The van der Waals surface area contributed by atoms with Crippen LogP contribution in [0.15, 0.2) is 0 Å². The van der Waals surface area contributed by atoms with Crippen molar-refractivity contribution < 1.29 is 33.8 Å². The number of amides is 1. The quantitative estimate of drug-likeness (QED) is 0.346. The molecule has 4 N–H and O–H groups in total. The SMILES string of the molecule is CC[C@@H](NC(=O)C(=O)[C@@H](N)CCC(=O)O)C(=O)O[C@@H](C)C(C)=O. The number of carboxylic acids is 1. The van der Waals surface area contributed by atoms with E-state index < -0.39 is 41.8 Å². The lowest BCUT2D eigenvalue weighted by Gasteiger charge is -2.18. The number of Topliss-reactive ketones (excluding diaryl/α,β-unsaturated/α-hetero) is 2. The maximum atomic E-state index is 11.8. The third-order valence-electron chi connectivity index (χ3n) is 3.09. The van der Waals surface area contributed by atoms with Crippen LogP contribution in [0.25, 0.3) is 0 Å². The van der Waals surface area contributed by atoms with Crippen LogP contribution in [0.1, 0.15) is 40.0 Å². The molecule has 0 spiro atoms. The van der Waals surface area contributed by atoms with E-state index in [0.717, 1.165) is 0 Å². The van der Waals surface area contributed by atoms with E-state index >= 15 is 0 Å². The number of esters is 1. The molecule has 1 amide bonds. The van der Waals surface area contributed by atoms with E-state index in [4.69, 9.17) is 15.6 Å². The smallest absolute Gasteiger partial charge is 0.329 e. The lowest BCUT2D eigenvalue weighted by molar-refractivity contribution is -0.156. The topological polar surface area (TPSA) is 153 Å². The molecule has 0 rings (SSSR count). The Bertz CT molecular complexity index is 490. The van der Waals surface area contributed by atoms with Crippen molar-refractivity contribution in [2.75, 3.05) is 0 Å². The number of ketones is 2. The van der Waals surface area contributed by atoms with Crippen molar-refractivity contribution in [1.82, 2.24) is 5.32 Å². The molecule has 0 aliphatic rings. The van der Waals surface area contributed by atoms with Crippen molar-refractivity contribution in [2.24, 2.45) is 5.73 Å². The van der Waals surface area contributed by atoms with Crippen LogP contribution >= 0.6 is 0 Å². The molecule has 0 aliphatic carbocycles. The molecule has 9 heteroatoms. The summed E-state index contributed by atoms with van der Waals surface area (Å²) in [6, 6.07) is -2.37. The third kappa shape index (κ3) is 7.50. The summed E-state index contributed by atoms with van der Waals surface area (Å²) in [5.74, 6) is -4.44. The van der Waals surface area contributed by atoms with Crippen LogP contribution in [0.3, 0.4) is 0 Å². The summed E-state index contributed by atoms with van der Waals surface area (Å²) in [6.07, 6.45) is -1.35. The Hall–Kier alpha value is -2.29. The molecule has 0 aliphatic heterocycles. The van der Waals surface area contributed by atoms with E-state index in [1.54, 1.807) is 6.92 Å². The average molecular weight is 330 g/mol. The van der Waals surface area contributed by atoms with Gasteiger partial charge in [0.15, 0.2) is 11.9 Å². The molecule has 0 aromatic rings. The molecule has 0 fully saturated rings. The first-order valence-electron chi connectivity index (χ1n) is 7.13. The number of hydrogen-bond donors (Lipinski definition) is 3. The first-order chi connectivity index (χ1) is 10.6. The Morgan fingerprint density at radius 3 is 2.22 bits per heavy atom. The van der Waals surface area contributed by atoms with Crippen molar-refractivity contribution >= 4 is 29.4 Å². The molecule has 0 heterocycles. The standard InChI is InChI=1S/C14H22N2O7/c1-4-10(14(22)23-8(3)7(2)17)16-13(21)12(20)9(15)5-6-11(18)19/h8-10H,4-6,15H2,1-3H3,(H,16,21)(H,18,19)/t8-,9-,10+/m0/s1. The van der Waals surface area contributed by atoms with Gasteiger partial charge in [0.25, 0.3) is 5.91 Å². The van der Waals surface area contributed by atoms with Crippen molar-refractivity contribution in [1.29, 1.82) is 0 Å². The molecule has 130 valence electrons. The fraction of sp³-hybridized carbons (Fsp3) is 0.643. The average Bonchev–Trinajstić information content (AvgIpc) is 2.48. The molecule has 0 unspecified atom stereocenters. The molecule has 9 nitrogen and oxygen atoms in total. The number of rotatable bonds is 10. The third-order valence-corrected chi connectivity index (χ3v) is 3.09. The monoisotopic (exact) mass is 330 g/mol. The van der Waals surface area contributed by atoms with Crippen molar-refractivity contribution in [2.45, 2.75) is 58.2 Å². The predicted octanol–water partition coefficient (Wildman–Crippen LogP) is -0.837. The Morgan fingerprint density at radius 2 is 1.78 bits per heavy atom. The van der Waals surface area contributed by atoms with Gasteiger partial charge in [0, 0.05) is 6.42 Å². The van der Waals surface area contributed by atoms with Crippen LogP contribution in [0.5, 0.6) is 0 Å². The molecule has 23 heavy (non-hydrogen) atoms. The van der Waals surface area contributed by atoms with Crippen LogP contribution in [0.4, 0.5) is 0 Å². The normalized spacial score (nSPS) is 14.3. The van der Waals surface area contributed by atoms with Crippen LogP contribution in [-0.4, -0.2) is 52.7 Å². The zero-order valence-corrected chi connectivity index (χ0v) is 13.3. The molecular formula is C14H22N2O7. The summed E-state index contributed by atoms with van der Waals surface area (Å²) in [6.45, 7) is 4.23. The van der Waals surface area contributed by atoms with Gasteiger partial charge >= 0.3 is 11.9 Å². The number of carbonyl (C=O) groups excluding carboxylic acids is 4. The van der Waals surface area contributed by atoms with E-state index in [0.29, 0.717) is 0 Å². The van der Waals surface area contributed by atoms with E-state index in [1.165, 1.54) is 13.8 Å². The number of carbonyl (C=O) groups is 5. The van der Waals surface area contributed by atoms with E-state index in [1.807, 2.05) is 0 Å². The second-order valence-corrected chi connectivity index (χ2v) is 5.03. The van der Waals surface area contributed by atoms with Gasteiger partial charge in [-0.05, 0) is 26.7 Å². The van der Waals surface area contributed by atoms with Gasteiger partial charge in [-0.1, -0.05) is 6.92 Å².